The van der Waals surface area contributed by atoms with Gasteiger partial charge in [-0.2, -0.15) is 0 Å². The standard InChI is InChI=1S/C14H17BrClN3S/c1-14(2,3)17-7-6-12-18-19-13(20-12)10-8-9(15)4-5-11(10)16/h4-5,8,17H,6-7H2,1-3H3. The van der Waals surface area contributed by atoms with Gasteiger partial charge in [0.1, 0.15) is 10.0 Å². The summed E-state index contributed by atoms with van der Waals surface area (Å²) >= 11 is 11.3. The van der Waals surface area contributed by atoms with Crippen molar-refractivity contribution in [2.24, 2.45) is 0 Å². The monoisotopic (exact) mass is 373 g/mol. The number of aromatic nitrogens is 2. The van der Waals surface area contributed by atoms with Crippen LogP contribution in [0.5, 0.6) is 0 Å². The minimum Gasteiger partial charge on any atom is -0.312 e. The molecule has 0 radical (unpaired) electrons. The van der Waals surface area contributed by atoms with E-state index in [9.17, 15) is 0 Å². The van der Waals surface area contributed by atoms with E-state index in [-0.39, 0.29) is 5.54 Å². The number of nitrogens with one attached hydrogen (secondary N) is 1. The SMILES string of the molecule is CC(C)(C)NCCc1nnc(-c2cc(Br)ccc2Cl)s1. The molecule has 0 aliphatic carbocycles. The summed E-state index contributed by atoms with van der Waals surface area (Å²) in [5.74, 6) is 0. The zero-order chi connectivity index (χ0) is 14.8. The van der Waals surface area contributed by atoms with Crippen LogP contribution in [-0.2, 0) is 6.42 Å². The van der Waals surface area contributed by atoms with Crippen LogP contribution in [0.15, 0.2) is 22.7 Å². The Kier molecular flexibility index (Phi) is 5.18. The van der Waals surface area contributed by atoms with Crippen LogP contribution in [0.3, 0.4) is 0 Å². The molecule has 108 valence electrons. The molecule has 0 saturated heterocycles. The van der Waals surface area contributed by atoms with Gasteiger partial charge < -0.3 is 5.32 Å². The molecule has 0 atom stereocenters. The van der Waals surface area contributed by atoms with Gasteiger partial charge in [-0.25, -0.2) is 0 Å². The topological polar surface area (TPSA) is 37.8 Å². The molecule has 0 unspecified atom stereocenters. The average Bonchev–Trinajstić information content (AvgIpc) is 2.79. The van der Waals surface area contributed by atoms with E-state index in [0.29, 0.717) is 5.02 Å². The largest absolute Gasteiger partial charge is 0.312 e. The van der Waals surface area contributed by atoms with Crippen LogP contribution in [0, 0.1) is 0 Å². The quantitative estimate of drug-likeness (QED) is 0.853. The van der Waals surface area contributed by atoms with Crippen molar-refractivity contribution in [2.45, 2.75) is 32.7 Å². The van der Waals surface area contributed by atoms with Crippen molar-refractivity contribution in [1.29, 1.82) is 0 Å². The molecule has 0 spiro atoms. The Balaban J connectivity index is 2.07. The van der Waals surface area contributed by atoms with E-state index in [1.54, 1.807) is 11.3 Å². The highest BCUT2D eigenvalue weighted by Gasteiger charge is 2.12. The maximum Gasteiger partial charge on any atom is 0.149 e. The van der Waals surface area contributed by atoms with Gasteiger partial charge in [-0.15, -0.1) is 10.2 Å². The Bertz CT molecular complexity index is 592. The number of nitrogens with zero attached hydrogens (tertiary/aromatic N) is 2. The first-order valence-corrected chi connectivity index (χ1v) is 8.37. The van der Waals surface area contributed by atoms with Crippen molar-refractivity contribution in [1.82, 2.24) is 15.5 Å². The molecule has 0 bridgehead atoms. The summed E-state index contributed by atoms with van der Waals surface area (Å²) in [6.45, 7) is 7.35. The first-order valence-electron chi connectivity index (χ1n) is 6.38. The summed E-state index contributed by atoms with van der Waals surface area (Å²) in [7, 11) is 0. The Morgan fingerprint density at radius 1 is 1.30 bits per heavy atom. The summed E-state index contributed by atoms with van der Waals surface area (Å²) in [6, 6.07) is 5.75. The maximum atomic E-state index is 6.21. The van der Waals surface area contributed by atoms with Crippen LogP contribution in [0.2, 0.25) is 5.02 Å². The summed E-state index contributed by atoms with van der Waals surface area (Å²) in [6.07, 6.45) is 0.876. The van der Waals surface area contributed by atoms with E-state index in [1.807, 2.05) is 18.2 Å². The molecule has 0 saturated carbocycles. The van der Waals surface area contributed by atoms with Gasteiger partial charge in [-0.3, -0.25) is 0 Å². The fourth-order valence-electron chi connectivity index (χ4n) is 1.67. The van der Waals surface area contributed by atoms with Gasteiger partial charge in [0.2, 0.25) is 0 Å². The molecule has 0 aliphatic heterocycles. The van der Waals surface area contributed by atoms with Crippen molar-refractivity contribution < 1.29 is 0 Å². The Morgan fingerprint density at radius 3 is 2.75 bits per heavy atom. The lowest BCUT2D eigenvalue weighted by molar-refractivity contribution is 0.429. The smallest absolute Gasteiger partial charge is 0.149 e. The molecule has 1 aromatic heterocycles. The molecule has 3 nitrogen and oxygen atoms in total. The van der Waals surface area contributed by atoms with Gasteiger partial charge in [0.15, 0.2) is 0 Å². The number of halogens is 2. The predicted molar refractivity (Wildman–Crippen MR) is 89.5 cm³/mol. The highest BCUT2D eigenvalue weighted by Crippen LogP contribution is 2.32. The molecule has 1 N–H and O–H groups in total. The van der Waals surface area contributed by atoms with Crippen LogP contribution >= 0.6 is 38.9 Å². The fraction of sp³-hybridized carbons (Fsp3) is 0.429. The third-order valence-corrected chi connectivity index (χ3v) is 4.46. The predicted octanol–water partition coefficient (Wildman–Crippen LogP) is 4.55. The fourth-order valence-corrected chi connectivity index (χ4v) is 3.16. The van der Waals surface area contributed by atoms with E-state index in [4.69, 9.17) is 11.6 Å². The summed E-state index contributed by atoms with van der Waals surface area (Å²) in [5.41, 5.74) is 1.05. The summed E-state index contributed by atoms with van der Waals surface area (Å²) in [5, 5.41) is 14.5. The van der Waals surface area contributed by atoms with Crippen LogP contribution in [-0.4, -0.2) is 22.3 Å². The minimum atomic E-state index is 0.126. The lowest BCUT2D eigenvalue weighted by atomic mass is 10.1. The van der Waals surface area contributed by atoms with Gasteiger partial charge in [-0.05, 0) is 39.0 Å². The number of hydrogen-bond acceptors (Lipinski definition) is 4. The zero-order valence-corrected chi connectivity index (χ0v) is 14.9. The van der Waals surface area contributed by atoms with Gasteiger partial charge in [0.05, 0.1) is 5.02 Å². The Labute approximate surface area is 136 Å². The molecule has 0 aliphatic rings. The van der Waals surface area contributed by atoms with Crippen molar-refractivity contribution in [3.63, 3.8) is 0 Å². The lowest BCUT2D eigenvalue weighted by Crippen LogP contribution is -2.37. The maximum absolute atomic E-state index is 6.21. The molecule has 20 heavy (non-hydrogen) atoms. The molecule has 0 fully saturated rings. The Morgan fingerprint density at radius 2 is 2.05 bits per heavy atom. The van der Waals surface area contributed by atoms with Crippen LogP contribution in [0.4, 0.5) is 0 Å². The molecule has 1 heterocycles. The first kappa shape index (κ1) is 15.9. The molecule has 2 aromatic rings. The third kappa shape index (κ3) is 4.52. The molecule has 6 heteroatoms. The highest BCUT2D eigenvalue weighted by molar-refractivity contribution is 9.10. The third-order valence-electron chi connectivity index (χ3n) is 2.62. The molecular weight excluding hydrogens is 358 g/mol. The van der Waals surface area contributed by atoms with Crippen molar-refractivity contribution in [3.8, 4) is 10.6 Å². The van der Waals surface area contributed by atoms with Gasteiger partial charge in [-0.1, -0.05) is 38.9 Å². The second kappa shape index (κ2) is 6.52. The van der Waals surface area contributed by atoms with Crippen molar-refractivity contribution >= 4 is 38.9 Å². The van der Waals surface area contributed by atoms with Crippen LogP contribution < -0.4 is 5.32 Å². The second-order valence-electron chi connectivity index (χ2n) is 5.55. The van der Waals surface area contributed by atoms with Gasteiger partial charge in [0.25, 0.3) is 0 Å². The zero-order valence-electron chi connectivity index (χ0n) is 11.7. The first-order chi connectivity index (χ1) is 9.35. The molecule has 0 amide bonds. The van der Waals surface area contributed by atoms with Gasteiger partial charge in [0, 0.05) is 28.5 Å². The number of benzene rings is 1. The van der Waals surface area contributed by atoms with E-state index < -0.39 is 0 Å². The van der Waals surface area contributed by atoms with E-state index in [1.165, 1.54) is 0 Å². The molecular formula is C14H17BrClN3S. The van der Waals surface area contributed by atoms with Gasteiger partial charge >= 0.3 is 0 Å². The lowest BCUT2D eigenvalue weighted by Gasteiger charge is -2.19. The van der Waals surface area contributed by atoms with Crippen molar-refractivity contribution in [2.75, 3.05) is 6.54 Å². The normalized spacial score (nSPS) is 11.8. The van der Waals surface area contributed by atoms with Crippen molar-refractivity contribution in [3.05, 3.63) is 32.7 Å². The van der Waals surface area contributed by atoms with E-state index >= 15 is 0 Å². The highest BCUT2D eigenvalue weighted by atomic mass is 79.9. The average molecular weight is 375 g/mol. The second-order valence-corrected chi connectivity index (χ2v) is 7.94. The number of rotatable bonds is 4. The molecule has 2 rings (SSSR count). The minimum absolute atomic E-state index is 0.126. The van der Waals surface area contributed by atoms with E-state index in [0.717, 1.165) is 33.0 Å². The Hall–Kier alpha value is -0.490. The summed E-state index contributed by atoms with van der Waals surface area (Å²) in [4.78, 5) is 0. The van der Waals surface area contributed by atoms with Crippen LogP contribution in [0.25, 0.3) is 10.6 Å². The molecule has 1 aromatic carbocycles. The van der Waals surface area contributed by atoms with Crippen LogP contribution in [0.1, 0.15) is 25.8 Å². The summed E-state index contributed by atoms with van der Waals surface area (Å²) < 4.78 is 0.989. The number of hydrogen-bond donors (Lipinski definition) is 1. The van der Waals surface area contributed by atoms with E-state index in [2.05, 4.69) is 52.2 Å².